The SMILES string of the molecule is CC1(C)CN(C(=O)O)CCN1CCS(C)(=O)=O. The molecule has 1 heterocycles. The van der Waals surface area contributed by atoms with Crippen molar-refractivity contribution >= 4 is 15.9 Å². The van der Waals surface area contributed by atoms with Gasteiger partial charge < -0.3 is 10.0 Å². The second-order valence-corrected chi connectivity index (χ2v) is 7.39. The summed E-state index contributed by atoms with van der Waals surface area (Å²) >= 11 is 0. The first-order valence-electron chi connectivity index (χ1n) is 5.52. The van der Waals surface area contributed by atoms with Gasteiger partial charge in [-0.05, 0) is 13.8 Å². The average molecular weight is 264 g/mol. The van der Waals surface area contributed by atoms with Crippen LogP contribution in [0.15, 0.2) is 0 Å². The van der Waals surface area contributed by atoms with Crippen LogP contribution in [0.1, 0.15) is 13.8 Å². The van der Waals surface area contributed by atoms with Gasteiger partial charge in [0.05, 0.1) is 5.75 Å². The van der Waals surface area contributed by atoms with Crippen molar-refractivity contribution in [2.45, 2.75) is 19.4 Å². The van der Waals surface area contributed by atoms with Crippen molar-refractivity contribution in [1.82, 2.24) is 9.80 Å². The number of hydrogen-bond donors (Lipinski definition) is 1. The number of hydrogen-bond acceptors (Lipinski definition) is 4. The average Bonchev–Trinajstić information content (AvgIpc) is 2.12. The maximum absolute atomic E-state index is 11.1. The zero-order chi connectivity index (χ0) is 13.3. The number of carbonyl (C=O) groups is 1. The van der Waals surface area contributed by atoms with Crippen molar-refractivity contribution in [2.75, 3.05) is 38.2 Å². The highest BCUT2D eigenvalue weighted by atomic mass is 32.2. The third-order valence-corrected chi connectivity index (χ3v) is 4.00. The molecule has 0 radical (unpaired) electrons. The molecule has 0 aliphatic carbocycles. The molecule has 0 saturated carbocycles. The molecule has 1 N–H and O–H groups in total. The Morgan fingerprint density at radius 1 is 1.35 bits per heavy atom. The molecule has 0 aromatic heterocycles. The molecule has 0 aromatic rings. The van der Waals surface area contributed by atoms with Crippen molar-refractivity contribution in [3.63, 3.8) is 0 Å². The lowest BCUT2D eigenvalue weighted by Gasteiger charge is -2.46. The van der Waals surface area contributed by atoms with Crippen LogP contribution in [-0.2, 0) is 9.84 Å². The number of sulfone groups is 1. The van der Waals surface area contributed by atoms with E-state index < -0.39 is 15.9 Å². The Hall–Kier alpha value is -0.820. The van der Waals surface area contributed by atoms with Crippen LogP contribution in [0, 0.1) is 0 Å². The molecule has 17 heavy (non-hydrogen) atoms. The van der Waals surface area contributed by atoms with Crippen LogP contribution in [0.5, 0.6) is 0 Å². The molecule has 0 spiro atoms. The van der Waals surface area contributed by atoms with Crippen LogP contribution < -0.4 is 0 Å². The monoisotopic (exact) mass is 264 g/mol. The molecule has 1 aliphatic heterocycles. The fourth-order valence-electron chi connectivity index (χ4n) is 2.04. The highest BCUT2D eigenvalue weighted by molar-refractivity contribution is 7.90. The van der Waals surface area contributed by atoms with E-state index in [1.807, 2.05) is 18.7 Å². The minimum absolute atomic E-state index is 0.115. The highest BCUT2D eigenvalue weighted by Gasteiger charge is 2.35. The Morgan fingerprint density at radius 3 is 2.35 bits per heavy atom. The molecule has 6 nitrogen and oxygen atoms in total. The summed E-state index contributed by atoms with van der Waals surface area (Å²) in [5.41, 5.74) is -0.318. The van der Waals surface area contributed by atoms with Crippen LogP contribution in [0.4, 0.5) is 4.79 Å². The summed E-state index contributed by atoms with van der Waals surface area (Å²) in [7, 11) is -2.98. The van der Waals surface area contributed by atoms with Gasteiger partial charge in [0.25, 0.3) is 0 Å². The van der Waals surface area contributed by atoms with E-state index in [4.69, 9.17) is 5.11 Å². The van der Waals surface area contributed by atoms with Gasteiger partial charge in [-0.1, -0.05) is 0 Å². The van der Waals surface area contributed by atoms with E-state index in [1.165, 1.54) is 11.2 Å². The summed E-state index contributed by atoms with van der Waals surface area (Å²) < 4.78 is 22.3. The predicted molar refractivity (Wildman–Crippen MR) is 65.0 cm³/mol. The summed E-state index contributed by atoms with van der Waals surface area (Å²) in [6.45, 7) is 5.75. The van der Waals surface area contributed by atoms with Crippen molar-refractivity contribution in [1.29, 1.82) is 0 Å². The second-order valence-electron chi connectivity index (χ2n) is 5.13. The van der Waals surface area contributed by atoms with E-state index in [2.05, 4.69) is 0 Å². The van der Waals surface area contributed by atoms with Gasteiger partial charge in [-0.2, -0.15) is 0 Å². The molecular weight excluding hydrogens is 244 g/mol. The predicted octanol–water partition coefficient (Wildman–Crippen LogP) is 0.105. The Bertz CT molecular complexity index is 391. The summed E-state index contributed by atoms with van der Waals surface area (Å²) in [6, 6.07) is 0. The number of carboxylic acid groups (broad SMARTS) is 1. The Balaban J connectivity index is 2.62. The van der Waals surface area contributed by atoms with Gasteiger partial charge >= 0.3 is 6.09 Å². The summed E-state index contributed by atoms with van der Waals surface area (Å²) in [5.74, 6) is 0.115. The quantitative estimate of drug-likeness (QED) is 0.782. The molecule has 100 valence electrons. The standard InChI is InChI=1S/C10H20N2O4S/c1-10(2)8-11(9(13)14)4-5-12(10)6-7-17(3,15)16/h4-8H2,1-3H3,(H,13,14). The van der Waals surface area contributed by atoms with Gasteiger partial charge in [-0.3, -0.25) is 4.90 Å². The van der Waals surface area contributed by atoms with Gasteiger partial charge in [-0.15, -0.1) is 0 Å². The first kappa shape index (κ1) is 14.2. The zero-order valence-electron chi connectivity index (χ0n) is 10.5. The van der Waals surface area contributed by atoms with Gasteiger partial charge in [0, 0.05) is 38.0 Å². The minimum Gasteiger partial charge on any atom is -0.465 e. The van der Waals surface area contributed by atoms with Crippen LogP contribution in [0.2, 0.25) is 0 Å². The Kier molecular flexibility index (Phi) is 4.03. The molecule has 1 fully saturated rings. The molecule has 7 heteroatoms. The zero-order valence-corrected chi connectivity index (χ0v) is 11.3. The summed E-state index contributed by atoms with van der Waals surface area (Å²) in [4.78, 5) is 14.3. The lowest BCUT2D eigenvalue weighted by Crippen LogP contribution is -2.60. The van der Waals surface area contributed by atoms with Crippen molar-refractivity contribution < 1.29 is 18.3 Å². The molecule has 1 saturated heterocycles. The van der Waals surface area contributed by atoms with Crippen molar-refractivity contribution in [3.05, 3.63) is 0 Å². The third kappa shape index (κ3) is 4.16. The van der Waals surface area contributed by atoms with E-state index in [-0.39, 0.29) is 11.3 Å². The highest BCUT2D eigenvalue weighted by Crippen LogP contribution is 2.20. The van der Waals surface area contributed by atoms with Crippen LogP contribution in [-0.4, -0.2) is 73.1 Å². The Morgan fingerprint density at radius 2 is 1.94 bits per heavy atom. The minimum atomic E-state index is -2.98. The molecule has 0 atom stereocenters. The largest absolute Gasteiger partial charge is 0.465 e. The molecule has 1 aliphatic rings. The fraction of sp³-hybridized carbons (Fsp3) is 0.900. The first-order chi connectivity index (χ1) is 7.62. The topological polar surface area (TPSA) is 77.9 Å². The molecule has 0 aromatic carbocycles. The van der Waals surface area contributed by atoms with Gasteiger partial charge in [0.2, 0.25) is 0 Å². The van der Waals surface area contributed by atoms with Crippen LogP contribution >= 0.6 is 0 Å². The fourth-order valence-corrected chi connectivity index (χ4v) is 2.60. The van der Waals surface area contributed by atoms with E-state index in [0.717, 1.165) is 0 Å². The van der Waals surface area contributed by atoms with E-state index >= 15 is 0 Å². The lowest BCUT2D eigenvalue weighted by molar-refractivity contribution is 0.0275. The van der Waals surface area contributed by atoms with Gasteiger partial charge in [0.15, 0.2) is 0 Å². The number of nitrogens with zero attached hydrogens (tertiary/aromatic N) is 2. The second kappa shape index (κ2) is 4.81. The Labute approximate surface area is 102 Å². The molecular formula is C10H20N2O4S. The molecule has 0 unspecified atom stereocenters. The van der Waals surface area contributed by atoms with E-state index in [9.17, 15) is 13.2 Å². The maximum atomic E-state index is 11.1. The van der Waals surface area contributed by atoms with Crippen molar-refractivity contribution in [2.24, 2.45) is 0 Å². The van der Waals surface area contributed by atoms with Gasteiger partial charge in [-0.25, -0.2) is 13.2 Å². The number of amides is 1. The smallest absolute Gasteiger partial charge is 0.407 e. The molecule has 1 rings (SSSR count). The van der Waals surface area contributed by atoms with E-state index in [0.29, 0.717) is 26.2 Å². The summed E-state index contributed by atoms with van der Waals surface area (Å²) in [6.07, 6.45) is 0.300. The van der Waals surface area contributed by atoms with Crippen LogP contribution in [0.25, 0.3) is 0 Å². The van der Waals surface area contributed by atoms with E-state index in [1.54, 1.807) is 0 Å². The first-order valence-corrected chi connectivity index (χ1v) is 7.58. The van der Waals surface area contributed by atoms with Crippen LogP contribution in [0.3, 0.4) is 0 Å². The summed E-state index contributed by atoms with van der Waals surface area (Å²) in [5, 5.41) is 8.93. The molecule has 1 amide bonds. The maximum Gasteiger partial charge on any atom is 0.407 e. The number of piperazine rings is 1. The third-order valence-electron chi connectivity index (χ3n) is 3.08. The number of rotatable bonds is 3. The van der Waals surface area contributed by atoms with Gasteiger partial charge in [0.1, 0.15) is 9.84 Å². The normalized spacial score (nSPS) is 21.5. The lowest BCUT2D eigenvalue weighted by atomic mass is 9.99. The molecule has 0 bridgehead atoms. The van der Waals surface area contributed by atoms with Crippen molar-refractivity contribution in [3.8, 4) is 0 Å².